The Morgan fingerprint density at radius 3 is 2.62 bits per heavy atom. The third-order valence-electron chi connectivity index (χ3n) is 1.97. The van der Waals surface area contributed by atoms with Crippen molar-refractivity contribution in [2.24, 2.45) is 11.8 Å². The van der Waals surface area contributed by atoms with E-state index in [1.807, 2.05) is 0 Å². The molecule has 1 nitrogen and oxygen atoms in total. The lowest BCUT2D eigenvalue weighted by atomic mass is 10.3. The smallest absolute Gasteiger partial charge is 0.0493 e. The molecule has 1 fully saturated rings. The van der Waals surface area contributed by atoms with Crippen molar-refractivity contribution in [2.45, 2.75) is 19.8 Å². The SMILES string of the molecule is CCC1CC1COC. The third-order valence-corrected chi connectivity index (χ3v) is 1.97. The van der Waals surface area contributed by atoms with Crippen LogP contribution in [0, 0.1) is 11.8 Å². The topological polar surface area (TPSA) is 9.23 Å². The molecular formula is C7H14O. The number of hydrogen-bond donors (Lipinski definition) is 0. The molecule has 1 saturated carbocycles. The first-order valence-corrected chi connectivity index (χ1v) is 3.37. The minimum Gasteiger partial charge on any atom is -0.384 e. The Morgan fingerprint density at radius 1 is 1.50 bits per heavy atom. The van der Waals surface area contributed by atoms with Crippen LogP contribution in [-0.4, -0.2) is 13.7 Å². The van der Waals surface area contributed by atoms with Crippen molar-refractivity contribution >= 4 is 0 Å². The maximum atomic E-state index is 5.00. The maximum Gasteiger partial charge on any atom is 0.0493 e. The summed E-state index contributed by atoms with van der Waals surface area (Å²) in [5.74, 6) is 1.90. The van der Waals surface area contributed by atoms with E-state index < -0.39 is 0 Å². The summed E-state index contributed by atoms with van der Waals surface area (Å²) in [6.07, 6.45) is 2.75. The van der Waals surface area contributed by atoms with E-state index in [0.717, 1.165) is 18.4 Å². The summed E-state index contributed by atoms with van der Waals surface area (Å²) in [5.41, 5.74) is 0. The summed E-state index contributed by atoms with van der Waals surface area (Å²) in [6.45, 7) is 3.23. The van der Waals surface area contributed by atoms with E-state index in [2.05, 4.69) is 6.92 Å². The van der Waals surface area contributed by atoms with Crippen LogP contribution >= 0.6 is 0 Å². The van der Waals surface area contributed by atoms with E-state index in [-0.39, 0.29) is 0 Å². The standard InChI is InChI=1S/C7H14O/c1-3-6-4-7(6)5-8-2/h6-7H,3-5H2,1-2H3. The zero-order valence-electron chi connectivity index (χ0n) is 5.68. The van der Waals surface area contributed by atoms with Crippen LogP contribution in [0.25, 0.3) is 0 Å². The first-order chi connectivity index (χ1) is 3.88. The molecule has 0 aromatic rings. The summed E-state index contributed by atoms with van der Waals surface area (Å²) < 4.78 is 5.00. The predicted molar refractivity (Wildman–Crippen MR) is 33.8 cm³/mol. The minimum absolute atomic E-state index is 0.907. The third kappa shape index (κ3) is 1.22. The summed E-state index contributed by atoms with van der Waals surface area (Å²) in [6, 6.07) is 0. The van der Waals surface area contributed by atoms with E-state index in [1.54, 1.807) is 7.11 Å². The van der Waals surface area contributed by atoms with Gasteiger partial charge in [0.1, 0.15) is 0 Å². The number of methoxy groups -OCH3 is 1. The lowest BCUT2D eigenvalue weighted by molar-refractivity contribution is 0.181. The van der Waals surface area contributed by atoms with Crippen molar-refractivity contribution in [3.63, 3.8) is 0 Å². The molecule has 0 spiro atoms. The summed E-state index contributed by atoms with van der Waals surface area (Å²) in [4.78, 5) is 0. The van der Waals surface area contributed by atoms with Gasteiger partial charge >= 0.3 is 0 Å². The number of ether oxygens (including phenoxy) is 1. The van der Waals surface area contributed by atoms with Crippen molar-refractivity contribution in [2.75, 3.05) is 13.7 Å². The van der Waals surface area contributed by atoms with Crippen LogP contribution < -0.4 is 0 Å². The Hall–Kier alpha value is -0.0400. The Bertz CT molecular complexity index is 70.8. The number of rotatable bonds is 3. The van der Waals surface area contributed by atoms with Gasteiger partial charge in [-0.3, -0.25) is 0 Å². The Labute approximate surface area is 51.0 Å². The summed E-state index contributed by atoms with van der Waals surface area (Å²) in [7, 11) is 1.78. The van der Waals surface area contributed by atoms with Crippen LogP contribution in [0.2, 0.25) is 0 Å². The molecule has 1 aliphatic carbocycles. The first-order valence-electron chi connectivity index (χ1n) is 3.37. The molecule has 48 valence electrons. The average molecular weight is 114 g/mol. The van der Waals surface area contributed by atoms with Gasteiger partial charge < -0.3 is 4.74 Å². The highest BCUT2D eigenvalue weighted by Crippen LogP contribution is 2.40. The van der Waals surface area contributed by atoms with Crippen LogP contribution in [-0.2, 0) is 4.74 Å². The maximum absolute atomic E-state index is 5.00. The predicted octanol–water partition coefficient (Wildman–Crippen LogP) is 1.68. The van der Waals surface area contributed by atoms with Crippen molar-refractivity contribution < 1.29 is 4.74 Å². The molecule has 0 saturated heterocycles. The largest absolute Gasteiger partial charge is 0.384 e. The van der Waals surface area contributed by atoms with Crippen molar-refractivity contribution in [3.8, 4) is 0 Å². The molecule has 0 N–H and O–H groups in total. The van der Waals surface area contributed by atoms with Gasteiger partial charge in [0.05, 0.1) is 0 Å². The van der Waals surface area contributed by atoms with Crippen molar-refractivity contribution in [1.82, 2.24) is 0 Å². The van der Waals surface area contributed by atoms with E-state index in [1.165, 1.54) is 12.8 Å². The van der Waals surface area contributed by atoms with E-state index in [0.29, 0.717) is 0 Å². The van der Waals surface area contributed by atoms with E-state index >= 15 is 0 Å². The lowest BCUT2D eigenvalue weighted by Gasteiger charge is -1.92. The van der Waals surface area contributed by atoms with Gasteiger partial charge in [0.2, 0.25) is 0 Å². The fraction of sp³-hybridized carbons (Fsp3) is 1.00. The Kier molecular flexibility index (Phi) is 1.90. The monoisotopic (exact) mass is 114 g/mol. The molecule has 2 atom stereocenters. The van der Waals surface area contributed by atoms with Crippen LogP contribution in [0.4, 0.5) is 0 Å². The van der Waals surface area contributed by atoms with E-state index in [9.17, 15) is 0 Å². The average Bonchev–Trinajstić information content (AvgIpc) is 2.48. The van der Waals surface area contributed by atoms with Crippen LogP contribution in [0.15, 0.2) is 0 Å². The van der Waals surface area contributed by atoms with Gasteiger partial charge in [-0.1, -0.05) is 13.3 Å². The van der Waals surface area contributed by atoms with Gasteiger partial charge in [-0.15, -0.1) is 0 Å². The quantitative estimate of drug-likeness (QED) is 0.542. The summed E-state index contributed by atoms with van der Waals surface area (Å²) in [5, 5.41) is 0. The number of hydrogen-bond acceptors (Lipinski definition) is 1. The van der Waals surface area contributed by atoms with Crippen LogP contribution in [0.3, 0.4) is 0 Å². The molecule has 0 aromatic carbocycles. The van der Waals surface area contributed by atoms with Crippen LogP contribution in [0.5, 0.6) is 0 Å². The Morgan fingerprint density at radius 2 is 2.25 bits per heavy atom. The van der Waals surface area contributed by atoms with Gasteiger partial charge in [0.25, 0.3) is 0 Å². The summed E-state index contributed by atoms with van der Waals surface area (Å²) >= 11 is 0. The second kappa shape index (κ2) is 2.49. The fourth-order valence-corrected chi connectivity index (χ4v) is 1.23. The fourth-order valence-electron chi connectivity index (χ4n) is 1.23. The first kappa shape index (κ1) is 6.09. The molecule has 1 aliphatic rings. The highest BCUT2D eigenvalue weighted by atomic mass is 16.5. The molecule has 8 heavy (non-hydrogen) atoms. The molecule has 0 aliphatic heterocycles. The second-order valence-electron chi connectivity index (χ2n) is 2.62. The molecular weight excluding hydrogens is 100 g/mol. The zero-order chi connectivity index (χ0) is 5.98. The molecule has 1 heteroatoms. The molecule has 0 amide bonds. The van der Waals surface area contributed by atoms with Gasteiger partial charge in [0, 0.05) is 13.7 Å². The normalized spacial score (nSPS) is 35.2. The highest BCUT2D eigenvalue weighted by Gasteiger charge is 2.34. The van der Waals surface area contributed by atoms with Gasteiger partial charge in [-0.05, 0) is 18.3 Å². The van der Waals surface area contributed by atoms with Gasteiger partial charge in [-0.2, -0.15) is 0 Å². The Balaban J connectivity index is 1.99. The molecule has 0 bridgehead atoms. The van der Waals surface area contributed by atoms with Crippen LogP contribution in [0.1, 0.15) is 19.8 Å². The van der Waals surface area contributed by atoms with Gasteiger partial charge in [0.15, 0.2) is 0 Å². The molecule has 0 aromatic heterocycles. The van der Waals surface area contributed by atoms with Crippen molar-refractivity contribution in [3.05, 3.63) is 0 Å². The molecule has 1 rings (SSSR count). The molecule has 0 radical (unpaired) electrons. The molecule has 2 unspecified atom stereocenters. The zero-order valence-corrected chi connectivity index (χ0v) is 5.68. The van der Waals surface area contributed by atoms with Gasteiger partial charge in [-0.25, -0.2) is 0 Å². The second-order valence-corrected chi connectivity index (χ2v) is 2.62. The van der Waals surface area contributed by atoms with E-state index in [4.69, 9.17) is 4.74 Å². The minimum atomic E-state index is 0.907. The highest BCUT2D eigenvalue weighted by molar-refractivity contribution is 4.84. The molecule has 0 heterocycles. The lowest BCUT2D eigenvalue weighted by Crippen LogP contribution is -1.91. The van der Waals surface area contributed by atoms with Crippen molar-refractivity contribution in [1.29, 1.82) is 0 Å².